The summed E-state index contributed by atoms with van der Waals surface area (Å²) in [6.45, 7) is 4.81. The largest absolute Gasteiger partial charge is 0.375 e. The van der Waals surface area contributed by atoms with Gasteiger partial charge in [0.2, 0.25) is 5.76 Å². The molecule has 0 bridgehead atoms. The summed E-state index contributed by atoms with van der Waals surface area (Å²) in [4.78, 5) is 14.3. The van der Waals surface area contributed by atoms with Crippen LogP contribution < -0.4 is 0 Å². The number of hydrogen-bond acceptors (Lipinski definition) is 5. The Morgan fingerprint density at radius 3 is 2.83 bits per heavy atom. The van der Waals surface area contributed by atoms with Crippen LogP contribution in [0.25, 0.3) is 0 Å². The third kappa shape index (κ3) is 3.22. The molecule has 1 amide bonds. The molecule has 0 unspecified atom stereocenters. The molecule has 6 heteroatoms. The minimum Gasteiger partial charge on any atom is -0.375 e. The molecule has 1 saturated carbocycles. The fourth-order valence-corrected chi connectivity index (χ4v) is 3.93. The van der Waals surface area contributed by atoms with Gasteiger partial charge in [0, 0.05) is 32.2 Å². The normalized spacial score (nSPS) is 26.7. The number of likely N-dealkylation sites (tertiary alicyclic amines) is 1. The van der Waals surface area contributed by atoms with Gasteiger partial charge in [-0.25, -0.2) is 0 Å². The fourth-order valence-electron chi connectivity index (χ4n) is 3.93. The molecule has 1 aromatic heterocycles. The molecular formula is C18H26N2O4. The highest BCUT2D eigenvalue weighted by Crippen LogP contribution is 2.38. The van der Waals surface area contributed by atoms with Gasteiger partial charge in [-0.3, -0.25) is 4.79 Å². The van der Waals surface area contributed by atoms with Crippen LogP contribution in [-0.4, -0.2) is 54.0 Å². The van der Waals surface area contributed by atoms with Crippen LogP contribution in [-0.2, 0) is 9.47 Å². The van der Waals surface area contributed by atoms with Gasteiger partial charge in [-0.1, -0.05) is 11.6 Å². The second-order valence-corrected chi connectivity index (χ2v) is 7.58. The molecule has 4 rings (SSSR count). The van der Waals surface area contributed by atoms with E-state index in [1.807, 2.05) is 11.8 Å². The maximum atomic E-state index is 12.4. The van der Waals surface area contributed by atoms with E-state index in [2.05, 4.69) is 5.16 Å². The monoisotopic (exact) mass is 334 g/mol. The third-order valence-electron chi connectivity index (χ3n) is 5.77. The number of amides is 1. The van der Waals surface area contributed by atoms with Crippen molar-refractivity contribution >= 4 is 5.91 Å². The molecule has 0 N–H and O–H groups in total. The van der Waals surface area contributed by atoms with E-state index in [4.69, 9.17) is 14.0 Å². The van der Waals surface area contributed by atoms with Crippen LogP contribution in [0.5, 0.6) is 0 Å². The van der Waals surface area contributed by atoms with Crippen molar-refractivity contribution in [1.82, 2.24) is 10.1 Å². The van der Waals surface area contributed by atoms with Crippen LogP contribution in [0.4, 0.5) is 0 Å². The number of aryl methyl sites for hydroxylation is 1. The highest BCUT2D eigenvalue weighted by molar-refractivity contribution is 5.91. The van der Waals surface area contributed by atoms with Gasteiger partial charge in [-0.2, -0.15) is 0 Å². The molecule has 1 spiro atoms. The molecule has 6 nitrogen and oxygen atoms in total. The van der Waals surface area contributed by atoms with Crippen molar-refractivity contribution in [2.24, 2.45) is 5.92 Å². The van der Waals surface area contributed by atoms with Gasteiger partial charge in [0.15, 0.2) is 0 Å². The van der Waals surface area contributed by atoms with Crippen LogP contribution in [0.15, 0.2) is 10.6 Å². The van der Waals surface area contributed by atoms with E-state index in [0.29, 0.717) is 25.5 Å². The molecule has 0 aromatic carbocycles. The fraction of sp³-hybridized carbons (Fsp3) is 0.778. The molecular weight excluding hydrogens is 308 g/mol. The Balaban J connectivity index is 1.27. The van der Waals surface area contributed by atoms with Gasteiger partial charge in [0.1, 0.15) is 0 Å². The van der Waals surface area contributed by atoms with Gasteiger partial charge in [0.25, 0.3) is 5.91 Å². The summed E-state index contributed by atoms with van der Waals surface area (Å²) in [6.07, 6.45) is 6.92. The highest BCUT2D eigenvalue weighted by atomic mass is 16.6. The number of nitrogens with zero attached hydrogens (tertiary/aromatic N) is 2. The van der Waals surface area contributed by atoms with Gasteiger partial charge in [-0.15, -0.1) is 0 Å². The average Bonchev–Trinajstić information content (AvgIpc) is 3.13. The molecule has 2 saturated heterocycles. The van der Waals surface area contributed by atoms with Crippen LogP contribution >= 0.6 is 0 Å². The summed E-state index contributed by atoms with van der Waals surface area (Å²) in [6, 6.07) is 1.70. The molecule has 1 atom stereocenters. The summed E-state index contributed by atoms with van der Waals surface area (Å²) >= 11 is 0. The lowest BCUT2D eigenvalue weighted by Gasteiger charge is -2.38. The zero-order valence-electron chi connectivity index (χ0n) is 14.3. The summed E-state index contributed by atoms with van der Waals surface area (Å²) in [7, 11) is 0. The molecule has 24 heavy (non-hydrogen) atoms. The number of carbonyl (C=O) groups excluding carboxylic acids is 1. The van der Waals surface area contributed by atoms with E-state index >= 15 is 0 Å². The average molecular weight is 334 g/mol. The quantitative estimate of drug-likeness (QED) is 0.847. The summed E-state index contributed by atoms with van der Waals surface area (Å²) < 4.78 is 17.3. The summed E-state index contributed by atoms with van der Waals surface area (Å²) in [5.41, 5.74) is 0.635. The van der Waals surface area contributed by atoms with Crippen molar-refractivity contribution in [3.05, 3.63) is 17.5 Å². The van der Waals surface area contributed by atoms with Crippen molar-refractivity contribution in [2.45, 2.75) is 57.2 Å². The lowest BCUT2D eigenvalue weighted by molar-refractivity contribution is -0.0424. The minimum atomic E-state index is -0.0988. The zero-order valence-corrected chi connectivity index (χ0v) is 14.3. The van der Waals surface area contributed by atoms with Crippen molar-refractivity contribution in [1.29, 1.82) is 0 Å². The van der Waals surface area contributed by atoms with Crippen LogP contribution in [0.2, 0.25) is 0 Å². The number of aromatic nitrogens is 1. The van der Waals surface area contributed by atoms with Gasteiger partial charge in [-0.05, 0) is 38.5 Å². The molecule has 3 heterocycles. The summed E-state index contributed by atoms with van der Waals surface area (Å²) in [5.74, 6) is 1.03. The number of piperidine rings is 1. The Bertz CT molecular complexity index is 588. The standard InChI is InChI=1S/C18H26N2O4/c1-13-9-16(24-19-13)17(21)20-7-5-18(6-8-20)10-15(12-23-18)22-11-14-3-2-4-14/h9,14-15H,2-8,10-12H2,1H3/t15-/m0/s1. The molecule has 132 valence electrons. The van der Waals surface area contributed by atoms with Crippen molar-refractivity contribution in [3.8, 4) is 0 Å². The third-order valence-corrected chi connectivity index (χ3v) is 5.77. The Morgan fingerprint density at radius 2 is 2.21 bits per heavy atom. The SMILES string of the molecule is Cc1cc(C(=O)N2CCC3(CC2)C[C@H](OCC2CCC2)CO3)on1. The smallest absolute Gasteiger partial charge is 0.292 e. The first-order chi connectivity index (χ1) is 11.6. The number of rotatable bonds is 4. The van der Waals surface area contributed by atoms with Gasteiger partial charge >= 0.3 is 0 Å². The molecule has 1 aliphatic carbocycles. The topological polar surface area (TPSA) is 64.8 Å². The first kappa shape index (κ1) is 16.1. The second-order valence-electron chi connectivity index (χ2n) is 7.58. The first-order valence-electron chi connectivity index (χ1n) is 9.12. The maximum Gasteiger partial charge on any atom is 0.292 e. The number of carbonyl (C=O) groups is 1. The molecule has 1 aromatic rings. The van der Waals surface area contributed by atoms with Gasteiger partial charge in [0.05, 0.1) is 24.0 Å². The molecule has 2 aliphatic heterocycles. The Labute approximate surface area is 142 Å². The predicted molar refractivity (Wildman–Crippen MR) is 86.8 cm³/mol. The van der Waals surface area contributed by atoms with E-state index < -0.39 is 0 Å². The van der Waals surface area contributed by atoms with Crippen LogP contribution in [0.3, 0.4) is 0 Å². The van der Waals surface area contributed by atoms with Crippen molar-refractivity contribution < 1.29 is 18.8 Å². The van der Waals surface area contributed by atoms with Crippen LogP contribution in [0, 0.1) is 12.8 Å². The second kappa shape index (κ2) is 6.48. The summed E-state index contributed by atoms with van der Waals surface area (Å²) in [5, 5.41) is 3.80. The van der Waals surface area contributed by atoms with E-state index in [9.17, 15) is 4.79 Å². The lowest BCUT2D eigenvalue weighted by Crippen LogP contribution is -2.46. The van der Waals surface area contributed by atoms with E-state index in [-0.39, 0.29) is 17.6 Å². The Kier molecular flexibility index (Phi) is 4.35. The first-order valence-corrected chi connectivity index (χ1v) is 9.12. The van der Waals surface area contributed by atoms with E-state index in [0.717, 1.165) is 37.5 Å². The highest BCUT2D eigenvalue weighted by Gasteiger charge is 2.44. The van der Waals surface area contributed by atoms with E-state index in [1.165, 1.54) is 19.3 Å². The minimum absolute atomic E-state index is 0.0683. The van der Waals surface area contributed by atoms with Crippen molar-refractivity contribution in [2.75, 3.05) is 26.3 Å². The van der Waals surface area contributed by atoms with E-state index in [1.54, 1.807) is 6.07 Å². The predicted octanol–water partition coefficient (Wildman–Crippen LogP) is 2.56. The maximum absolute atomic E-state index is 12.4. The molecule has 0 radical (unpaired) electrons. The van der Waals surface area contributed by atoms with Crippen molar-refractivity contribution in [3.63, 3.8) is 0 Å². The zero-order chi connectivity index (χ0) is 16.6. The lowest BCUT2D eigenvalue weighted by atomic mass is 9.86. The van der Waals surface area contributed by atoms with Gasteiger partial charge < -0.3 is 18.9 Å². The Morgan fingerprint density at radius 1 is 1.42 bits per heavy atom. The molecule has 3 aliphatic rings. The number of hydrogen-bond donors (Lipinski definition) is 0. The number of ether oxygens (including phenoxy) is 2. The van der Waals surface area contributed by atoms with Crippen LogP contribution in [0.1, 0.15) is 54.8 Å². The molecule has 3 fully saturated rings. The Hall–Kier alpha value is -1.40.